The number of hydrazine groups is 1. The van der Waals surface area contributed by atoms with E-state index in [0.717, 1.165) is 13.0 Å². The number of aromatic nitrogens is 3. The van der Waals surface area contributed by atoms with E-state index < -0.39 is 0 Å². The molecule has 1 saturated carbocycles. The first-order valence-electron chi connectivity index (χ1n) is 6.32. The Labute approximate surface area is 107 Å². The van der Waals surface area contributed by atoms with Gasteiger partial charge in [0.25, 0.3) is 0 Å². The van der Waals surface area contributed by atoms with Gasteiger partial charge in [-0.1, -0.05) is 6.92 Å². The molecule has 2 rings (SSSR count). The summed E-state index contributed by atoms with van der Waals surface area (Å²) in [5.41, 5.74) is 2.50. The number of nitrogens with two attached hydrogens (primary N) is 1. The van der Waals surface area contributed by atoms with Gasteiger partial charge in [-0.25, -0.2) is 5.84 Å². The Morgan fingerprint density at radius 2 is 1.89 bits per heavy atom. The molecule has 7 nitrogen and oxygen atoms in total. The van der Waals surface area contributed by atoms with Crippen molar-refractivity contribution < 1.29 is 0 Å². The quantitative estimate of drug-likeness (QED) is 0.566. The SMILES string of the molecule is CCCN(c1nc(NN)nc(N(C)C)n1)C1CC1. The second kappa shape index (κ2) is 5.34. The van der Waals surface area contributed by atoms with Gasteiger partial charge in [-0.2, -0.15) is 15.0 Å². The molecule has 100 valence electrons. The molecule has 0 bridgehead atoms. The molecule has 0 amide bonds. The summed E-state index contributed by atoms with van der Waals surface area (Å²) in [7, 11) is 3.81. The number of rotatable bonds is 6. The van der Waals surface area contributed by atoms with E-state index in [0.29, 0.717) is 23.9 Å². The molecule has 0 spiro atoms. The van der Waals surface area contributed by atoms with Crippen LogP contribution in [0.2, 0.25) is 0 Å². The molecule has 1 aliphatic carbocycles. The van der Waals surface area contributed by atoms with E-state index in [1.54, 1.807) is 0 Å². The van der Waals surface area contributed by atoms with Crippen molar-refractivity contribution in [1.82, 2.24) is 15.0 Å². The monoisotopic (exact) mass is 251 g/mol. The highest BCUT2D eigenvalue weighted by Gasteiger charge is 2.30. The molecule has 1 aromatic rings. The first kappa shape index (κ1) is 12.8. The third kappa shape index (κ3) is 2.79. The van der Waals surface area contributed by atoms with Crippen LogP contribution < -0.4 is 21.1 Å². The molecule has 0 unspecified atom stereocenters. The predicted octanol–water partition coefficient (Wildman–Crippen LogP) is 0.602. The standard InChI is InChI=1S/C11H21N7/c1-4-7-18(8-5-6-8)11-14-9(16-12)13-10(15-11)17(2)3/h8H,4-7,12H2,1-3H3,(H,13,14,15,16). The van der Waals surface area contributed by atoms with Crippen LogP contribution in [0.25, 0.3) is 0 Å². The molecular formula is C11H21N7. The van der Waals surface area contributed by atoms with Crippen LogP contribution in [0.15, 0.2) is 0 Å². The minimum absolute atomic E-state index is 0.408. The maximum atomic E-state index is 5.41. The molecule has 7 heteroatoms. The summed E-state index contributed by atoms with van der Waals surface area (Å²) >= 11 is 0. The van der Waals surface area contributed by atoms with E-state index in [-0.39, 0.29) is 0 Å². The van der Waals surface area contributed by atoms with Crippen molar-refractivity contribution in [2.75, 3.05) is 35.9 Å². The van der Waals surface area contributed by atoms with E-state index >= 15 is 0 Å². The molecule has 1 aliphatic rings. The summed E-state index contributed by atoms with van der Waals surface area (Å²) in [4.78, 5) is 17.2. The van der Waals surface area contributed by atoms with Gasteiger partial charge in [-0.05, 0) is 19.3 Å². The van der Waals surface area contributed by atoms with Gasteiger partial charge in [0.05, 0.1) is 0 Å². The Hall–Kier alpha value is -1.63. The fourth-order valence-corrected chi connectivity index (χ4v) is 1.82. The lowest BCUT2D eigenvalue weighted by Crippen LogP contribution is -2.30. The van der Waals surface area contributed by atoms with Crippen molar-refractivity contribution >= 4 is 17.8 Å². The van der Waals surface area contributed by atoms with E-state index in [1.807, 2.05) is 19.0 Å². The van der Waals surface area contributed by atoms with Crippen LogP contribution in [-0.4, -0.2) is 41.6 Å². The third-order valence-corrected chi connectivity index (χ3v) is 2.85. The predicted molar refractivity (Wildman–Crippen MR) is 72.6 cm³/mol. The fraction of sp³-hybridized carbons (Fsp3) is 0.727. The average Bonchev–Trinajstić information content (AvgIpc) is 3.19. The fourth-order valence-electron chi connectivity index (χ4n) is 1.82. The highest BCUT2D eigenvalue weighted by molar-refractivity contribution is 5.45. The second-order valence-electron chi connectivity index (χ2n) is 4.72. The summed E-state index contributed by atoms with van der Waals surface area (Å²) in [6.45, 7) is 3.12. The lowest BCUT2D eigenvalue weighted by molar-refractivity contribution is 0.729. The molecule has 1 aromatic heterocycles. The first-order chi connectivity index (χ1) is 8.65. The van der Waals surface area contributed by atoms with E-state index in [4.69, 9.17) is 5.84 Å². The Kier molecular flexibility index (Phi) is 3.81. The normalized spacial score (nSPS) is 14.4. The topological polar surface area (TPSA) is 83.2 Å². The highest BCUT2D eigenvalue weighted by atomic mass is 15.4. The Balaban J connectivity index is 2.31. The Morgan fingerprint density at radius 3 is 2.39 bits per heavy atom. The van der Waals surface area contributed by atoms with Gasteiger partial charge in [-0.3, -0.25) is 5.43 Å². The van der Waals surface area contributed by atoms with Crippen molar-refractivity contribution in [3.8, 4) is 0 Å². The molecule has 0 atom stereocenters. The number of nitrogens with zero attached hydrogens (tertiary/aromatic N) is 5. The van der Waals surface area contributed by atoms with Gasteiger partial charge in [0.15, 0.2) is 0 Å². The average molecular weight is 251 g/mol. The first-order valence-corrected chi connectivity index (χ1v) is 6.32. The van der Waals surface area contributed by atoms with Gasteiger partial charge in [-0.15, -0.1) is 0 Å². The molecule has 3 N–H and O–H groups in total. The van der Waals surface area contributed by atoms with Crippen LogP contribution in [0, 0.1) is 0 Å². The number of nitrogens with one attached hydrogen (secondary N) is 1. The second-order valence-corrected chi connectivity index (χ2v) is 4.72. The number of hydrogen-bond acceptors (Lipinski definition) is 7. The summed E-state index contributed by atoms with van der Waals surface area (Å²) in [5, 5.41) is 0. The van der Waals surface area contributed by atoms with Crippen molar-refractivity contribution in [3.05, 3.63) is 0 Å². The minimum Gasteiger partial charge on any atom is -0.347 e. The molecule has 1 heterocycles. The van der Waals surface area contributed by atoms with Gasteiger partial charge >= 0.3 is 0 Å². The van der Waals surface area contributed by atoms with Crippen LogP contribution in [0.3, 0.4) is 0 Å². The van der Waals surface area contributed by atoms with E-state index in [9.17, 15) is 0 Å². The molecule has 0 saturated heterocycles. The van der Waals surface area contributed by atoms with Crippen LogP contribution in [-0.2, 0) is 0 Å². The van der Waals surface area contributed by atoms with Crippen molar-refractivity contribution in [1.29, 1.82) is 0 Å². The zero-order chi connectivity index (χ0) is 13.1. The molecular weight excluding hydrogens is 230 g/mol. The molecule has 0 radical (unpaired) electrons. The maximum absolute atomic E-state index is 5.41. The zero-order valence-electron chi connectivity index (χ0n) is 11.2. The van der Waals surface area contributed by atoms with Crippen LogP contribution in [0.5, 0.6) is 0 Å². The number of hydrogen-bond donors (Lipinski definition) is 2. The molecule has 1 fully saturated rings. The van der Waals surface area contributed by atoms with Gasteiger partial charge in [0.2, 0.25) is 17.8 Å². The minimum atomic E-state index is 0.408. The zero-order valence-corrected chi connectivity index (χ0v) is 11.2. The van der Waals surface area contributed by atoms with Gasteiger partial charge < -0.3 is 9.80 Å². The van der Waals surface area contributed by atoms with Gasteiger partial charge in [0, 0.05) is 26.7 Å². The van der Waals surface area contributed by atoms with Gasteiger partial charge in [0.1, 0.15) is 0 Å². The lowest BCUT2D eigenvalue weighted by Gasteiger charge is -2.23. The van der Waals surface area contributed by atoms with Crippen LogP contribution in [0.4, 0.5) is 17.8 Å². The van der Waals surface area contributed by atoms with Crippen molar-refractivity contribution in [2.24, 2.45) is 5.84 Å². The lowest BCUT2D eigenvalue weighted by atomic mass is 10.4. The smallest absolute Gasteiger partial charge is 0.243 e. The highest BCUT2D eigenvalue weighted by Crippen LogP contribution is 2.30. The van der Waals surface area contributed by atoms with Crippen molar-refractivity contribution in [3.63, 3.8) is 0 Å². The summed E-state index contributed by atoms with van der Waals surface area (Å²) in [6.07, 6.45) is 3.51. The largest absolute Gasteiger partial charge is 0.347 e. The van der Waals surface area contributed by atoms with E-state index in [2.05, 4.69) is 32.2 Å². The third-order valence-electron chi connectivity index (χ3n) is 2.85. The maximum Gasteiger partial charge on any atom is 0.243 e. The number of nitrogen functional groups attached to an aromatic ring is 1. The summed E-state index contributed by atoms with van der Waals surface area (Å²) < 4.78 is 0. The van der Waals surface area contributed by atoms with Crippen molar-refractivity contribution in [2.45, 2.75) is 32.2 Å². The van der Waals surface area contributed by atoms with Crippen LogP contribution >= 0.6 is 0 Å². The van der Waals surface area contributed by atoms with E-state index in [1.165, 1.54) is 12.8 Å². The Bertz CT molecular complexity index is 402. The summed E-state index contributed by atoms with van der Waals surface area (Å²) in [6, 6.07) is 0.577. The Morgan fingerprint density at radius 1 is 1.22 bits per heavy atom. The molecule has 18 heavy (non-hydrogen) atoms. The summed E-state index contributed by atoms with van der Waals surface area (Å²) in [5.74, 6) is 7.16. The molecule has 0 aliphatic heterocycles. The molecule has 0 aromatic carbocycles. The van der Waals surface area contributed by atoms with Crippen LogP contribution in [0.1, 0.15) is 26.2 Å². The number of anilines is 3.